The lowest BCUT2D eigenvalue weighted by molar-refractivity contribution is 0.325. The Hall–Kier alpha value is -11.7. The number of rotatable bonds is 4. The molecular formula is C60H15B2ClF22N12O2. The van der Waals surface area contributed by atoms with E-state index >= 15 is 0 Å². The number of phenolic OH excluding ortho intramolecular Hbond substituents is 1. The number of hydrogen-bond acceptors (Lipinski definition) is 10. The van der Waals surface area contributed by atoms with Gasteiger partial charge in [-0.2, -0.15) is 29.0 Å². The monoisotopic (exact) mass is 1410 g/mol. The molecule has 2 radical (unpaired) electrons. The number of nitrogens with one attached hydrogen (secondary N) is 2. The number of nitrogens with zero attached hydrogens (tertiary/aromatic N) is 10. The third-order valence-electron chi connectivity index (χ3n) is 15.1. The Morgan fingerprint density at radius 3 is 0.859 bits per heavy atom. The summed E-state index contributed by atoms with van der Waals surface area (Å²) in [5.74, 6) is -43.2. The van der Waals surface area contributed by atoms with Gasteiger partial charge in [-0.1, -0.05) is 0 Å². The van der Waals surface area contributed by atoms with Crippen LogP contribution < -0.4 is 4.65 Å². The summed E-state index contributed by atoms with van der Waals surface area (Å²) in [6, 6.07) is 9.31. The van der Waals surface area contributed by atoms with E-state index < -0.39 is 157 Å². The van der Waals surface area contributed by atoms with Gasteiger partial charge >= 0.3 is 14.4 Å². The Balaban J connectivity index is 0.000000148. The van der Waals surface area contributed by atoms with Crippen molar-refractivity contribution in [2.24, 2.45) is 0 Å². The lowest BCUT2D eigenvalue weighted by atomic mass is 10.1. The van der Waals surface area contributed by atoms with Crippen LogP contribution in [0.15, 0.2) is 72.8 Å². The van der Waals surface area contributed by atoms with Crippen molar-refractivity contribution in [2.75, 3.05) is 0 Å². The highest BCUT2D eigenvalue weighted by Gasteiger charge is 2.32. The van der Waals surface area contributed by atoms with Gasteiger partial charge in [-0.3, -0.25) is 0 Å². The minimum atomic E-state index is -2.49. The Morgan fingerprint density at radius 2 is 0.535 bits per heavy atom. The second kappa shape index (κ2) is 23.5. The van der Waals surface area contributed by atoms with Crippen molar-refractivity contribution in [1.29, 1.82) is 0 Å². The number of halogens is 23. The predicted octanol–water partition coefficient (Wildman–Crippen LogP) is 16.1. The summed E-state index contributed by atoms with van der Waals surface area (Å²) in [7, 11) is 0.334. The predicted molar refractivity (Wildman–Crippen MR) is 306 cm³/mol. The molecule has 12 bridgehead atoms. The zero-order valence-corrected chi connectivity index (χ0v) is 47.9. The number of fused-ring (bicyclic) bond motifs is 30. The van der Waals surface area contributed by atoms with Gasteiger partial charge in [-0.05, 0) is 72.8 Å². The maximum Gasteiger partial charge on any atom is 0.529 e. The molecule has 0 amide bonds. The molecule has 8 aromatic carbocycles. The second-order valence-corrected chi connectivity index (χ2v) is 21.1. The zero-order chi connectivity index (χ0) is 70.5. The van der Waals surface area contributed by atoms with Crippen molar-refractivity contribution in [2.45, 2.75) is 0 Å². The smallest absolute Gasteiger partial charge is 0.529 e. The van der Waals surface area contributed by atoms with Crippen LogP contribution in [0.25, 0.3) is 134 Å². The molecule has 6 aromatic heterocycles. The number of hydrogen-bond donors (Lipinski definition) is 3. The fourth-order valence-electron chi connectivity index (χ4n) is 10.6. The van der Waals surface area contributed by atoms with Gasteiger partial charge in [0.25, 0.3) is 0 Å². The van der Waals surface area contributed by atoms with Crippen LogP contribution in [0.4, 0.5) is 96.6 Å². The van der Waals surface area contributed by atoms with Crippen molar-refractivity contribution in [1.82, 2.24) is 58.8 Å². The number of aromatic hydroxyl groups is 1. The summed E-state index contributed by atoms with van der Waals surface area (Å²) >= 11 is 6.10. The fourth-order valence-corrected chi connectivity index (χ4v) is 10.7. The van der Waals surface area contributed by atoms with Gasteiger partial charge in [0.05, 0.1) is 0 Å². The van der Waals surface area contributed by atoms with E-state index in [9.17, 15) is 96.6 Å². The molecule has 494 valence electrons. The second-order valence-electron chi connectivity index (χ2n) is 20.9. The molecule has 0 aliphatic carbocycles. The molecule has 8 heterocycles. The van der Waals surface area contributed by atoms with Crippen LogP contribution in [-0.4, -0.2) is 78.3 Å². The number of aromatic amines is 2. The number of benzene rings is 8. The van der Waals surface area contributed by atoms with Crippen LogP contribution in [0.3, 0.4) is 0 Å². The molecule has 0 spiro atoms. The quantitative estimate of drug-likeness (QED) is 0.0666. The van der Waals surface area contributed by atoms with Gasteiger partial charge < -0.3 is 28.7 Å². The Labute approximate surface area is 535 Å². The zero-order valence-electron chi connectivity index (χ0n) is 47.1. The molecule has 99 heavy (non-hydrogen) atoms. The minimum Gasteiger partial charge on any atom is -0.538 e. The van der Waals surface area contributed by atoms with Gasteiger partial charge in [0.2, 0.25) is 58.2 Å². The fraction of sp³-hybridized carbons (Fsp3) is 0. The molecule has 39 heteroatoms. The molecule has 0 unspecified atom stereocenters. The average Bonchev–Trinajstić information content (AvgIpc) is 1.59. The first-order valence-corrected chi connectivity index (χ1v) is 27.4. The van der Waals surface area contributed by atoms with Crippen LogP contribution in [0, 0.1) is 128 Å². The van der Waals surface area contributed by atoms with Gasteiger partial charge in [-0.15, -0.1) is 0 Å². The topological polar surface area (TPSA) is 174 Å². The molecule has 0 saturated carbocycles. The SMILES string of the molecule is Fc1cc2c(cc1F)-c1nc-2nc2[nH]c(nc3c4cc(F)c(F)cc4c(n1)n3[B]Cl)c1cc(F)c(F)cc21.Fc1cc2c(cc1F)-c1nc-2nc2[nH]c(nc3c4cc(F)c(F)cc4c(n1)n3[B]Oc1c(F)c(F)c(F)c(F)c1F)c1cc(F)c(F)cc21.Oc1c(F)c(F)c(F)c(F)c1F. The van der Waals surface area contributed by atoms with Crippen molar-refractivity contribution >= 4 is 114 Å². The van der Waals surface area contributed by atoms with E-state index in [-0.39, 0.29) is 117 Å². The van der Waals surface area contributed by atoms with Crippen LogP contribution in [-0.2, 0) is 0 Å². The van der Waals surface area contributed by atoms with Crippen LogP contribution in [0.2, 0.25) is 0 Å². The van der Waals surface area contributed by atoms with E-state index in [2.05, 4.69) is 49.8 Å². The van der Waals surface area contributed by atoms with Gasteiger partial charge in [-0.25, -0.2) is 119 Å². The van der Waals surface area contributed by atoms with Crippen LogP contribution >= 0.6 is 11.5 Å². The normalized spacial score (nSPS) is 11.8. The molecule has 14 aromatic rings. The number of phenols is 1. The van der Waals surface area contributed by atoms with Gasteiger partial charge in [0.15, 0.2) is 105 Å². The highest BCUT2D eigenvalue weighted by Crippen LogP contribution is 2.41. The Kier molecular flexibility index (Phi) is 15.4. The summed E-state index contributed by atoms with van der Waals surface area (Å²) in [6.45, 7) is 1.00. The molecule has 16 rings (SSSR count). The van der Waals surface area contributed by atoms with Crippen molar-refractivity contribution in [3.63, 3.8) is 0 Å². The van der Waals surface area contributed by atoms with E-state index in [0.717, 1.165) is 49.3 Å². The average molecular weight is 1410 g/mol. The van der Waals surface area contributed by atoms with Crippen LogP contribution in [0.1, 0.15) is 0 Å². The minimum absolute atomic E-state index is 0.0244. The standard InChI is InChI=1S/C30H7BF11N6O.C24H7BClF6N6.C6HF5O/c32-13-1-7-9(3-15(13)34)27-44-25(7)43-26-8-2-14(33)16(35)4-10(8)28(45-26)47-30-12-6-18(37)17(36)5-11(12)29(46-27)48(30)31-49-24-22(41)20(39)19(38)21(40)23(24)42;26-25-38-23-11-5-17(31)18(32)6-12(11)24(38)37-22-10-4-16(30)14(28)2-8(10)20(35-22)33-19-7-1-13(27)15(29)3-9(7)21(34-19)36-23;7-1-2(8)4(10)6(12)5(11)3(1)9/h1-6H,(H,43,44,45,46,47);1-6H,(H,33,34,35,36,37);12H. The summed E-state index contributed by atoms with van der Waals surface area (Å²) in [5.41, 5.74) is -2.11. The first-order chi connectivity index (χ1) is 47.0. The molecule has 0 atom stereocenters. The molecule has 3 N–H and O–H groups in total. The summed E-state index contributed by atoms with van der Waals surface area (Å²) in [4.78, 5) is 40.2. The highest BCUT2D eigenvalue weighted by atomic mass is 35.5. The van der Waals surface area contributed by atoms with Crippen molar-refractivity contribution in [3.8, 4) is 57.1 Å². The first kappa shape index (κ1) is 64.6. The highest BCUT2D eigenvalue weighted by molar-refractivity contribution is 6.93. The molecule has 2 aliphatic heterocycles. The van der Waals surface area contributed by atoms with E-state index in [0.29, 0.717) is 42.4 Å². The molecule has 2 aliphatic rings. The maximum atomic E-state index is 14.7. The Bertz CT molecular complexity index is 6020. The van der Waals surface area contributed by atoms with Crippen LogP contribution in [0.5, 0.6) is 11.5 Å². The van der Waals surface area contributed by atoms with E-state index in [4.69, 9.17) is 21.2 Å². The maximum absolute atomic E-state index is 14.7. The molecule has 0 fully saturated rings. The van der Waals surface area contributed by atoms with Gasteiger partial charge in [0.1, 0.15) is 45.2 Å². The largest absolute Gasteiger partial charge is 0.538 e. The number of aromatic nitrogens is 12. The molecule has 14 nitrogen and oxygen atoms in total. The summed E-state index contributed by atoms with van der Waals surface area (Å²) in [5, 5.41) is 7.64. The summed E-state index contributed by atoms with van der Waals surface area (Å²) < 4.78 is 311. The van der Waals surface area contributed by atoms with E-state index in [1.165, 1.54) is 4.48 Å². The van der Waals surface area contributed by atoms with Gasteiger partial charge in [0, 0.05) is 65.3 Å². The Morgan fingerprint density at radius 1 is 0.293 bits per heavy atom. The molecular weight excluding hydrogens is 1400 g/mol. The van der Waals surface area contributed by atoms with Crippen molar-refractivity contribution < 1.29 is 106 Å². The van der Waals surface area contributed by atoms with Crippen molar-refractivity contribution in [3.05, 3.63) is 201 Å². The van der Waals surface area contributed by atoms with E-state index in [1.807, 2.05) is 0 Å². The third-order valence-corrected chi connectivity index (χ3v) is 15.3. The third kappa shape index (κ3) is 10.4. The number of H-pyrrole nitrogens is 2. The molecule has 0 saturated heterocycles. The lowest BCUT2D eigenvalue weighted by Crippen LogP contribution is -2.18. The summed E-state index contributed by atoms with van der Waals surface area (Å²) in [6.07, 6.45) is 0. The van der Waals surface area contributed by atoms with E-state index in [1.54, 1.807) is 0 Å². The lowest BCUT2D eigenvalue weighted by Gasteiger charge is -2.10. The first-order valence-electron chi connectivity index (χ1n) is 27.0.